The second-order valence-corrected chi connectivity index (χ2v) is 4.15. The third kappa shape index (κ3) is 2.42. The van der Waals surface area contributed by atoms with Gasteiger partial charge in [-0.1, -0.05) is 11.2 Å². The molecular weight excluding hydrogens is 230 g/mol. The fraction of sp³-hybridized carbons (Fsp3) is 0.333. The van der Waals surface area contributed by atoms with Gasteiger partial charge in [0.15, 0.2) is 0 Å². The number of nitrogens with zero attached hydrogens (tertiary/aromatic N) is 5. The average Bonchev–Trinajstić information content (AvgIpc) is 2.77. The van der Waals surface area contributed by atoms with Gasteiger partial charge in [0.1, 0.15) is 0 Å². The van der Waals surface area contributed by atoms with Gasteiger partial charge in [0, 0.05) is 30.1 Å². The number of nitriles is 1. The number of rotatable bonds is 3. The molecule has 1 aromatic rings. The Labute approximate surface area is 104 Å². The molecule has 0 aliphatic carbocycles. The zero-order valence-electron chi connectivity index (χ0n) is 9.65. The van der Waals surface area contributed by atoms with Crippen LogP contribution < -0.4 is 4.90 Å². The van der Waals surface area contributed by atoms with Gasteiger partial charge in [-0.25, -0.2) is 0 Å². The fourth-order valence-electron chi connectivity index (χ4n) is 2.05. The summed E-state index contributed by atoms with van der Waals surface area (Å²) in [5, 5.41) is 12.3. The highest BCUT2D eigenvalue weighted by atomic mass is 16.2. The number of hydrogen-bond donors (Lipinski definition) is 0. The molecule has 1 atom stereocenters. The van der Waals surface area contributed by atoms with Crippen molar-refractivity contribution >= 4 is 11.6 Å². The van der Waals surface area contributed by atoms with Gasteiger partial charge < -0.3 is 4.90 Å². The van der Waals surface area contributed by atoms with Gasteiger partial charge in [0.25, 0.3) is 0 Å². The number of carbonyl (C=O) groups is 1. The van der Waals surface area contributed by atoms with Crippen molar-refractivity contribution < 1.29 is 4.79 Å². The molecule has 0 spiro atoms. The summed E-state index contributed by atoms with van der Waals surface area (Å²) in [5.74, 6) is 0.0578. The number of amides is 1. The van der Waals surface area contributed by atoms with Crippen molar-refractivity contribution in [2.75, 3.05) is 18.0 Å². The summed E-state index contributed by atoms with van der Waals surface area (Å²) in [7, 11) is 0. The third-order valence-corrected chi connectivity index (χ3v) is 2.90. The van der Waals surface area contributed by atoms with E-state index in [1.165, 1.54) is 0 Å². The number of carbonyl (C=O) groups excluding carboxylic acids is 1. The SMILES string of the molecule is N#Cc1cccc(N2CC(CN=[N+]=[N-])CC2=O)c1. The predicted molar refractivity (Wildman–Crippen MR) is 65.6 cm³/mol. The molecule has 1 aromatic carbocycles. The molecule has 90 valence electrons. The van der Waals surface area contributed by atoms with Crippen LogP contribution in [0.25, 0.3) is 10.4 Å². The van der Waals surface area contributed by atoms with E-state index in [4.69, 9.17) is 10.8 Å². The summed E-state index contributed by atoms with van der Waals surface area (Å²) in [4.78, 5) is 16.2. The molecule has 1 unspecified atom stereocenters. The minimum absolute atomic E-state index is 0.00299. The van der Waals surface area contributed by atoms with E-state index in [9.17, 15) is 4.79 Å². The van der Waals surface area contributed by atoms with Gasteiger partial charge >= 0.3 is 0 Å². The Morgan fingerprint density at radius 1 is 1.61 bits per heavy atom. The summed E-state index contributed by atoms with van der Waals surface area (Å²) >= 11 is 0. The number of anilines is 1. The monoisotopic (exact) mass is 241 g/mol. The van der Waals surface area contributed by atoms with Crippen LogP contribution in [0, 0.1) is 17.2 Å². The second-order valence-electron chi connectivity index (χ2n) is 4.15. The molecule has 0 N–H and O–H groups in total. The van der Waals surface area contributed by atoms with Crippen molar-refractivity contribution in [1.82, 2.24) is 0 Å². The quantitative estimate of drug-likeness (QED) is 0.461. The molecule has 1 aliphatic rings. The van der Waals surface area contributed by atoms with Gasteiger partial charge in [0.2, 0.25) is 5.91 Å². The van der Waals surface area contributed by atoms with Crippen molar-refractivity contribution in [3.63, 3.8) is 0 Å². The first-order chi connectivity index (χ1) is 8.74. The normalized spacial score (nSPS) is 18.3. The molecule has 2 rings (SSSR count). The van der Waals surface area contributed by atoms with Gasteiger partial charge in [-0.2, -0.15) is 5.26 Å². The maximum atomic E-state index is 11.9. The molecule has 18 heavy (non-hydrogen) atoms. The first-order valence-electron chi connectivity index (χ1n) is 5.56. The molecule has 0 aromatic heterocycles. The third-order valence-electron chi connectivity index (χ3n) is 2.90. The zero-order chi connectivity index (χ0) is 13.0. The molecule has 1 heterocycles. The average molecular weight is 241 g/mol. The van der Waals surface area contributed by atoms with E-state index >= 15 is 0 Å². The Bertz CT molecular complexity index is 556. The van der Waals surface area contributed by atoms with Crippen molar-refractivity contribution in [3.8, 4) is 6.07 Å². The van der Waals surface area contributed by atoms with Crippen LogP contribution in [-0.2, 0) is 4.79 Å². The number of hydrogen-bond acceptors (Lipinski definition) is 3. The van der Waals surface area contributed by atoms with E-state index < -0.39 is 0 Å². The van der Waals surface area contributed by atoms with E-state index in [2.05, 4.69) is 10.0 Å². The van der Waals surface area contributed by atoms with Crippen molar-refractivity contribution in [2.45, 2.75) is 6.42 Å². The maximum absolute atomic E-state index is 11.9. The molecule has 0 bridgehead atoms. The Balaban J connectivity index is 2.16. The van der Waals surface area contributed by atoms with E-state index in [1.807, 2.05) is 6.07 Å². The van der Waals surface area contributed by atoms with Crippen LogP contribution in [0.3, 0.4) is 0 Å². The molecule has 1 aliphatic heterocycles. The Kier molecular flexibility index (Phi) is 3.46. The lowest BCUT2D eigenvalue weighted by Crippen LogP contribution is -2.24. The van der Waals surface area contributed by atoms with Gasteiger partial charge in [-0.3, -0.25) is 4.79 Å². The lowest BCUT2D eigenvalue weighted by Gasteiger charge is -2.16. The summed E-state index contributed by atoms with van der Waals surface area (Å²) in [5.41, 5.74) is 9.52. The molecule has 6 heteroatoms. The summed E-state index contributed by atoms with van der Waals surface area (Å²) in [6.45, 7) is 0.864. The Hall–Kier alpha value is -2.51. The highest BCUT2D eigenvalue weighted by molar-refractivity contribution is 5.95. The highest BCUT2D eigenvalue weighted by Gasteiger charge is 2.30. The van der Waals surface area contributed by atoms with Crippen LogP contribution in [0.1, 0.15) is 12.0 Å². The summed E-state index contributed by atoms with van der Waals surface area (Å²) in [6, 6.07) is 8.98. The summed E-state index contributed by atoms with van der Waals surface area (Å²) < 4.78 is 0. The minimum atomic E-state index is 0.00299. The van der Waals surface area contributed by atoms with E-state index in [-0.39, 0.29) is 11.8 Å². The van der Waals surface area contributed by atoms with E-state index in [0.717, 1.165) is 5.69 Å². The van der Waals surface area contributed by atoms with Crippen molar-refractivity contribution in [3.05, 3.63) is 40.3 Å². The van der Waals surface area contributed by atoms with Crippen LogP contribution in [-0.4, -0.2) is 19.0 Å². The smallest absolute Gasteiger partial charge is 0.227 e. The van der Waals surface area contributed by atoms with Crippen LogP contribution in [0.5, 0.6) is 0 Å². The minimum Gasteiger partial charge on any atom is -0.312 e. The van der Waals surface area contributed by atoms with Crippen molar-refractivity contribution in [2.24, 2.45) is 11.0 Å². The molecule has 6 nitrogen and oxygen atoms in total. The Morgan fingerprint density at radius 2 is 2.44 bits per heavy atom. The largest absolute Gasteiger partial charge is 0.312 e. The molecule has 1 fully saturated rings. The predicted octanol–water partition coefficient (Wildman–Crippen LogP) is 2.22. The fourth-order valence-corrected chi connectivity index (χ4v) is 2.05. The highest BCUT2D eigenvalue weighted by Crippen LogP contribution is 2.25. The standard InChI is InChI=1S/C12H11N5O/c13-6-9-2-1-3-11(4-9)17-8-10(5-12(17)18)7-15-16-14/h1-4,10H,5,7-8H2. The maximum Gasteiger partial charge on any atom is 0.227 e. The molecular formula is C12H11N5O. The van der Waals surface area contributed by atoms with Crippen LogP contribution >= 0.6 is 0 Å². The lowest BCUT2D eigenvalue weighted by molar-refractivity contribution is -0.117. The molecule has 0 saturated carbocycles. The lowest BCUT2D eigenvalue weighted by atomic mass is 10.1. The second kappa shape index (κ2) is 5.21. The van der Waals surface area contributed by atoms with Crippen molar-refractivity contribution in [1.29, 1.82) is 5.26 Å². The topological polar surface area (TPSA) is 92.9 Å². The Morgan fingerprint density at radius 3 is 3.17 bits per heavy atom. The van der Waals surface area contributed by atoms with Crippen LogP contribution in [0.2, 0.25) is 0 Å². The summed E-state index contributed by atoms with van der Waals surface area (Å²) in [6.07, 6.45) is 0.385. The number of azide groups is 1. The zero-order valence-corrected chi connectivity index (χ0v) is 9.65. The molecule has 1 amide bonds. The molecule has 1 saturated heterocycles. The first kappa shape index (κ1) is 12.0. The first-order valence-corrected chi connectivity index (χ1v) is 5.56. The van der Waals surface area contributed by atoms with E-state index in [1.54, 1.807) is 29.2 Å². The van der Waals surface area contributed by atoms with Gasteiger partial charge in [-0.05, 0) is 29.6 Å². The van der Waals surface area contributed by atoms with E-state index in [0.29, 0.717) is 25.1 Å². The van der Waals surface area contributed by atoms with Gasteiger partial charge in [-0.15, -0.1) is 0 Å². The van der Waals surface area contributed by atoms with Crippen LogP contribution in [0.15, 0.2) is 29.4 Å². The molecule has 0 radical (unpaired) electrons. The number of benzene rings is 1. The van der Waals surface area contributed by atoms with Crippen LogP contribution in [0.4, 0.5) is 5.69 Å². The van der Waals surface area contributed by atoms with Gasteiger partial charge in [0.05, 0.1) is 11.6 Å².